The molecule has 0 aromatic heterocycles. The normalized spacial score (nSPS) is 16.8. The van der Waals surface area contributed by atoms with Gasteiger partial charge in [0.05, 0.1) is 12.4 Å². The Morgan fingerprint density at radius 1 is 1.29 bits per heavy atom. The van der Waals surface area contributed by atoms with Crippen LogP contribution in [0.5, 0.6) is 5.75 Å². The second-order valence-electron chi connectivity index (χ2n) is 7.09. The van der Waals surface area contributed by atoms with Crippen molar-refractivity contribution in [2.45, 2.75) is 52.6 Å². The molecule has 2 N–H and O–H groups in total. The van der Waals surface area contributed by atoms with Crippen LogP contribution in [-0.4, -0.2) is 57.2 Å². The quantitative estimate of drug-likeness (QED) is 0.507. The van der Waals surface area contributed by atoms with E-state index in [4.69, 9.17) is 4.74 Å². The van der Waals surface area contributed by atoms with Gasteiger partial charge in [0.15, 0.2) is 5.96 Å². The van der Waals surface area contributed by atoms with Gasteiger partial charge in [-0.2, -0.15) is 0 Å². The lowest BCUT2D eigenvalue weighted by Crippen LogP contribution is -2.49. The first-order valence-corrected chi connectivity index (χ1v) is 11.7. The molecule has 1 aliphatic heterocycles. The van der Waals surface area contributed by atoms with Crippen LogP contribution in [0.2, 0.25) is 0 Å². The van der Waals surface area contributed by atoms with Crippen LogP contribution >= 0.6 is 0 Å². The predicted molar refractivity (Wildman–Crippen MR) is 114 cm³/mol. The summed E-state index contributed by atoms with van der Waals surface area (Å²) in [7, 11) is -1.35. The third-order valence-corrected chi connectivity index (χ3v) is 6.95. The molecule has 0 spiro atoms. The van der Waals surface area contributed by atoms with Crippen LogP contribution in [0.25, 0.3) is 0 Å². The van der Waals surface area contributed by atoms with Gasteiger partial charge in [0.1, 0.15) is 5.75 Å². The van der Waals surface area contributed by atoms with E-state index >= 15 is 0 Å². The third kappa shape index (κ3) is 6.38. The van der Waals surface area contributed by atoms with Gasteiger partial charge in [-0.15, -0.1) is 0 Å². The van der Waals surface area contributed by atoms with Crippen molar-refractivity contribution in [1.82, 2.24) is 14.9 Å². The lowest BCUT2D eigenvalue weighted by molar-refractivity contribution is 0.306. The molecule has 0 amide bonds. The van der Waals surface area contributed by atoms with Crippen molar-refractivity contribution in [3.05, 3.63) is 29.3 Å². The molecular formula is C20H34N4O3S. The molecule has 28 heavy (non-hydrogen) atoms. The van der Waals surface area contributed by atoms with Crippen molar-refractivity contribution in [2.24, 2.45) is 4.99 Å². The fourth-order valence-electron chi connectivity index (χ4n) is 3.38. The number of nitrogens with one attached hydrogen (secondary N) is 2. The summed E-state index contributed by atoms with van der Waals surface area (Å²) in [5.41, 5.74) is 2.27. The second kappa shape index (κ2) is 10.7. The Hall–Kier alpha value is -1.80. The highest BCUT2D eigenvalue weighted by atomic mass is 32.2. The molecule has 1 aromatic rings. The van der Waals surface area contributed by atoms with Crippen LogP contribution in [-0.2, 0) is 16.6 Å². The van der Waals surface area contributed by atoms with E-state index < -0.39 is 10.0 Å². The van der Waals surface area contributed by atoms with Crippen LogP contribution in [0.15, 0.2) is 23.2 Å². The average Bonchev–Trinajstić information content (AvgIpc) is 2.67. The van der Waals surface area contributed by atoms with Gasteiger partial charge < -0.3 is 15.4 Å². The fourth-order valence-corrected chi connectivity index (χ4v) is 4.92. The van der Waals surface area contributed by atoms with Crippen LogP contribution in [0, 0.1) is 6.92 Å². The third-order valence-electron chi connectivity index (χ3n) is 4.87. The zero-order valence-electron chi connectivity index (χ0n) is 17.5. The largest absolute Gasteiger partial charge is 0.494 e. The number of hydrogen-bond acceptors (Lipinski definition) is 4. The summed E-state index contributed by atoms with van der Waals surface area (Å²) in [5.74, 6) is 1.88. The van der Waals surface area contributed by atoms with Crippen molar-refractivity contribution in [3.8, 4) is 5.75 Å². The van der Waals surface area contributed by atoms with Crippen molar-refractivity contribution in [3.63, 3.8) is 0 Å². The molecule has 8 heteroatoms. The second-order valence-corrected chi connectivity index (χ2v) is 9.18. The monoisotopic (exact) mass is 410 g/mol. The number of guanidine groups is 1. The lowest BCUT2D eigenvalue weighted by atomic mass is 10.1. The number of sulfonamides is 1. The molecule has 158 valence electrons. The molecule has 0 aliphatic carbocycles. The molecule has 1 heterocycles. The molecule has 1 fully saturated rings. The first-order chi connectivity index (χ1) is 13.4. The number of benzene rings is 1. The van der Waals surface area contributed by atoms with Gasteiger partial charge in [-0.05, 0) is 50.3 Å². The number of hydrogen-bond donors (Lipinski definition) is 2. The molecule has 0 radical (unpaired) electrons. The van der Waals surface area contributed by atoms with Crippen LogP contribution in [0.3, 0.4) is 0 Å². The number of rotatable bonds is 8. The molecule has 0 atom stereocenters. The molecular weight excluding hydrogens is 376 g/mol. The van der Waals surface area contributed by atoms with Crippen molar-refractivity contribution < 1.29 is 13.2 Å². The smallest absolute Gasteiger partial charge is 0.214 e. The number of aliphatic imine (C=N–C) groups is 1. The van der Waals surface area contributed by atoms with Crippen molar-refractivity contribution in [1.29, 1.82) is 0 Å². The van der Waals surface area contributed by atoms with E-state index in [1.54, 1.807) is 11.4 Å². The van der Waals surface area contributed by atoms with Crippen LogP contribution in [0.4, 0.5) is 0 Å². The fraction of sp³-hybridized carbons (Fsp3) is 0.650. The Morgan fingerprint density at radius 2 is 2.00 bits per heavy atom. The molecule has 0 bridgehead atoms. The summed E-state index contributed by atoms with van der Waals surface area (Å²) in [6.45, 7) is 8.37. The summed E-state index contributed by atoms with van der Waals surface area (Å²) < 4.78 is 31.6. The summed E-state index contributed by atoms with van der Waals surface area (Å²) in [4.78, 5) is 4.30. The van der Waals surface area contributed by atoms with E-state index in [2.05, 4.69) is 27.8 Å². The summed E-state index contributed by atoms with van der Waals surface area (Å²) in [5, 5.41) is 6.76. The van der Waals surface area contributed by atoms with Gasteiger partial charge in [-0.1, -0.05) is 19.1 Å². The molecule has 7 nitrogen and oxygen atoms in total. The zero-order valence-corrected chi connectivity index (χ0v) is 18.3. The minimum Gasteiger partial charge on any atom is -0.494 e. The van der Waals surface area contributed by atoms with E-state index in [-0.39, 0.29) is 11.8 Å². The van der Waals surface area contributed by atoms with Gasteiger partial charge in [-0.25, -0.2) is 12.7 Å². The first kappa shape index (κ1) is 22.5. The van der Waals surface area contributed by atoms with Gasteiger partial charge in [-0.3, -0.25) is 4.99 Å². The molecule has 0 saturated carbocycles. The molecule has 2 rings (SSSR count). The summed E-state index contributed by atoms with van der Waals surface area (Å²) in [6.07, 6.45) is 2.22. The minimum atomic E-state index is -3.10. The maximum Gasteiger partial charge on any atom is 0.214 e. The van der Waals surface area contributed by atoms with Gasteiger partial charge in [0.25, 0.3) is 0 Å². The Kier molecular flexibility index (Phi) is 8.57. The van der Waals surface area contributed by atoms with Gasteiger partial charge >= 0.3 is 0 Å². The number of aryl methyl sites for hydroxylation is 1. The van der Waals surface area contributed by atoms with E-state index in [1.807, 2.05) is 26.8 Å². The van der Waals surface area contributed by atoms with Crippen molar-refractivity contribution in [2.75, 3.05) is 32.5 Å². The summed E-state index contributed by atoms with van der Waals surface area (Å²) in [6, 6.07) is 6.39. The van der Waals surface area contributed by atoms with E-state index in [1.165, 1.54) is 0 Å². The topological polar surface area (TPSA) is 83.0 Å². The first-order valence-electron chi connectivity index (χ1n) is 10.1. The molecule has 1 aromatic carbocycles. The maximum absolute atomic E-state index is 12.2. The lowest BCUT2D eigenvalue weighted by Gasteiger charge is -2.32. The van der Waals surface area contributed by atoms with Crippen LogP contribution in [0.1, 0.15) is 44.2 Å². The standard InChI is InChI=1S/C20H34N4O3S/c1-5-13-28(25,26)24-11-9-18(10-12-24)23-20(21-4)22-15-17-7-8-19(27-6-2)16(3)14-17/h7-8,14,18H,5-6,9-13,15H2,1-4H3,(H2,21,22,23). The number of ether oxygens (including phenoxy) is 1. The van der Waals surface area contributed by atoms with Crippen molar-refractivity contribution >= 4 is 16.0 Å². The zero-order chi connectivity index (χ0) is 20.6. The van der Waals surface area contributed by atoms with E-state index in [0.717, 1.165) is 35.7 Å². The maximum atomic E-state index is 12.2. The van der Waals surface area contributed by atoms with E-state index in [0.29, 0.717) is 32.7 Å². The highest BCUT2D eigenvalue weighted by Gasteiger charge is 2.27. The SMILES string of the molecule is CCCS(=O)(=O)N1CCC(NC(=NC)NCc2ccc(OCC)c(C)c2)CC1. The van der Waals surface area contributed by atoms with Crippen LogP contribution < -0.4 is 15.4 Å². The predicted octanol–water partition coefficient (Wildman–Crippen LogP) is 2.26. The Morgan fingerprint density at radius 3 is 2.57 bits per heavy atom. The van der Waals surface area contributed by atoms with Gasteiger partial charge in [0, 0.05) is 32.7 Å². The minimum absolute atomic E-state index is 0.223. The Balaban J connectivity index is 1.83. The molecule has 1 aliphatic rings. The number of nitrogens with zero attached hydrogens (tertiary/aromatic N) is 2. The summed E-state index contributed by atoms with van der Waals surface area (Å²) >= 11 is 0. The Labute approximate surface area is 169 Å². The van der Waals surface area contributed by atoms with Gasteiger partial charge in [0.2, 0.25) is 10.0 Å². The van der Waals surface area contributed by atoms with E-state index in [9.17, 15) is 8.42 Å². The average molecular weight is 411 g/mol. The molecule has 1 saturated heterocycles. The number of piperidine rings is 1. The highest BCUT2D eigenvalue weighted by molar-refractivity contribution is 7.89. The Bertz CT molecular complexity index is 757. The molecule has 0 unspecified atom stereocenters. The highest BCUT2D eigenvalue weighted by Crippen LogP contribution is 2.19.